The zero-order valence-corrected chi connectivity index (χ0v) is 19.3. The second kappa shape index (κ2) is 11.6. The number of benzene rings is 1. The Labute approximate surface area is 189 Å². The molecule has 31 heavy (non-hydrogen) atoms. The van der Waals surface area contributed by atoms with Crippen molar-refractivity contribution in [2.45, 2.75) is 47.8 Å². The van der Waals surface area contributed by atoms with Crippen LogP contribution in [0.2, 0.25) is 0 Å². The number of hydrogen-bond acceptors (Lipinski definition) is 7. The van der Waals surface area contributed by atoms with Gasteiger partial charge in [0.2, 0.25) is 5.91 Å². The fourth-order valence-corrected chi connectivity index (χ4v) is 3.12. The Balaban J connectivity index is 3.22. The van der Waals surface area contributed by atoms with E-state index in [4.69, 9.17) is 33.7 Å². The van der Waals surface area contributed by atoms with Crippen molar-refractivity contribution < 1.29 is 31.9 Å². The summed E-state index contributed by atoms with van der Waals surface area (Å²) in [6.07, 6.45) is -0.370. The van der Waals surface area contributed by atoms with E-state index in [1.165, 1.54) is 38.1 Å². The first-order chi connectivity index (χ1) is 14.3. The van der Waals surface area contributed by atoms with Gasteiger partial charge in [-0.2, -0.15) is 0 Å². The Kier molecular flexibility index (Phi) is 10.1. The van der Waals surface area contributed by atoms with Crippen molar-refractivity contribution in [2.75, 3.05) is 12.9 Å². The third-order valence-corrected chi connectivity index (χ3v) is 5.59. The van der Waals surface area contributed by atoms with Gasteiger partial charge in [-0.15, -0.1) is 0 Å². The van der Waals surface area contributed by atoms with Crippen LogP contribution in [0.25, 0.3) is 0 Å². The summed E-state index contributed by atoms with van der Waals surface area (Å²) in [5.74, 6) is -2.47. The number of alkyl halides is 3. The van der Waals surface area contributed by atoms with Crippen molar-refractivity contribution in [2.24, 2.45) is 5.73 Å². The number of sulfone groups is 1. The van der Waals surface area contributed by atoms with Gasteiger partial charge in [0.15, 0.2) is 14.7 Å². The number of rotatable bonds is 10. The van der Waals surface area contributed by atoms with Crippen LogP contribution in [-0.2, 0) is 29.0 Å². The second-order valence-electron chi connectivity index (χ2n) is 6.79. The average molecular weight is 500 g/mol. The van der Waals surface area contributed by atoms with Gasteiger partial charge in [-0.3, -0.25) is 9.59 Å². The van der Waals surface area contributed by atoms with E-state index in [1.807, 2.05) is 0 Å². The van der Waals surface area contributed by atoms with Gasteiger partial charge in [0.25, 0.3) is 5.91 Å². The summed E-state index contributed by atoms with van der Waals surface area (Å²) in [7, 11) is -3.51. The molecule has 0 aliphatic heterocycles. The maximum absolute atomic E-state index is 13.8. The van der Waals surface area contributed by atoms with Crippen molar-refractivity contribution >= 4 is 50.8 Å². The molecule has 0 aliphatic rings. The number of esters is 1. The topological polar surface area (TPSA) is 145 Å². The van der Waals surface area contributed by atoms with E-state index < -0.39 is 63.4 Å². The number of nitrogens with one attached hydrogen (secondary N) is 2. The molecule has 0 saturated heterocycles. The molecule has 174 valence electrons. The largest absolute Gasteiger partial charge is 0.454 e. The molecule has 1 aromatic carbocycles. The van der Waals surface area contributed by atoms with Gasteiger partial charge >= 0.3 is 5.97 Å². The predicted octanol–water partition coefficient (Wildman–Crippen LogP) is 0.784. The summed E-state index contributed by atoms with van der Waals surface area (Å²) in [6.45, 7) is 1.59. The highest BCUT2D eigenvalue weighted by Crippen LogP contribution is 2.25. The number of ether oxygens (including phenoxy) is 1. The quantitative estimate of drug-likeness (QED) is 0.318. The standard InChI is InChI=1S/C18H24Cl2FN3O6S/c1-9(22)16(25)23-10(2)18(27)30-14(13(8-21)24-17(26)15(19)20)11-4-6-12(7-5-11)31(3,28)29/h4-7,9-10,13-15H,8,22H2,1-3H3,(H,23,25)(H,24,26)/t9?,10?,13-,14-/m1/s1. The van der Waals surface area contributed by atoms with E-state index in [0.717, 1.165) is 6.26 Å². The molecule has 4 N–H and O–H groups in total. The molecule has 2 amide bonds. The molecule has 0 radical (unpaired) electrons. The van der Waals surface area contributed by atoms with Gasteiger partial charge in [0.05, 0.1) is 17.0 Å². The Morgan fingerprint density at radius 3 is 2.06 bits per heavy atom. The zero-order valence-electron chi connectivity index (χ0n) is 17.0. The van der Waals surface area contributed by atoms with Crippen LogP contribution in [0.3, 0.4) is 0 Å². The van der Waals surface area contributed by atoms with Crippen molar-refractivity contribution in [3.05, 3.63) is 29.8 Å². The second-order valence-corrected chi connectivity index (χ2v) is 9.90. The van der Waals surface area contributed by atoms with E-state index in [1.54, 1.807) is 0 Å². The molecule has 13 heteroatoms. The molecule has 0 fully saturated rings. The highest BCUT2D eigenvalue weighted by atomic mass is 35.5. The van der Waals surface area contributed by atoms with Crippen molar-refractivity contribution in [3.8, 4) is 0 Å². The first-order valence-electron chi connectivity index (χ1n) is 8.98. The summed E-state index contributed by atoms with van der Waals surface area (Å²) < 4.78 is 42.5. The number of nitrogens with two attached hydrogens (primary N) is 1. The van der Waals surface area contributed by atoms with Crippen LogP contribution in [0.1, 0.15) is 25.5 Å². The monoisotopic (exact) mass is 499 g/mol. The SMILES string of the molecule is CC(N)C(=O)NC(C)C(=O)O[C@H](c1ccc(S(C)(=O)=O)cc1)[C@@H](CF)NC(=O)C(Cl)Cl. The van der Waals surface area contributed by atoms with E-state index >= 15 is 0 Å². The first kappa shape index (κ1) is 27.1. The van der Waals surface area contributed by atoms with Gasteiger partial charge in [-0.25, -0.2) is 17.6 Å². The highest BCUT2D eigenvalue weighted by Gasteiger charge is 2.32. The Morgan fingerprint density at radius 2 is 1.65 bits per heavy atom. The molecule has 0 aromatic heterocycles. The van der Waals surface area contributed by atoms with Crippen molar-refractivity contribution in [3.63, 3.8) is 0 Å². The minimum absolute atomic E-state index is 0.0127. The van der Waals surface area contributed by atoms with E-state index in [-0.39, 0.29) is 10.5 Å². The average Bonchev–Trinajstić information content (AvgIpc) is 2.69. The molecule has 1 rings (SSSR count). The summed E-state index contributed by atoms with van der Waals surface area (Å²) in [6, 6.07) is 1.71. The minimum atomic E-state index is -3.51. The molecule has 0 saturated carbocycles. The minimum Gasteiger partial charge on any atom is -0.454 e. The van der Waals surface area contributed by atoms with Crippen LogP contribution in [0.15, 0.2) is 29.2 Å². The van der Waals surface area contributed by atoms with Crippen LogP contribution in [0.5, 0.6) is 0 Å². The smallest absolute Gasteiger partial charge is 0.329 e. The molecular weight excluding hydrogens is 476 g/mol. The maximum Gasteiger partial charge on any atom is 0.329 e. The van der Waals surface area contributed by atoms with E-state index in [0.29, 0.717) is 0 Å². The Bertz CT molecular complexity index is 896. The molecule has 2 unspecified atom stereocenters. The fourth-order valence-electron chi connectivity index (χ4n) is 2.36. The maximum atomic E-state index is 13.8. The lowest BCUT2D eigenvalue weighted by Crippen LogP contribution is -2.48. The zero-order chi connectivity index (χ0) is 23.9. The molecular formula is C18H24Cl2FN3O6S. The summed E-state index contributed by atoms with van der Waals surface area (Å²) in [5, 5.41) is 4.57. The van der Waals surface area contributed by atoms with Gasteiger partial charge < -0.3 is 21.1 Å². The van der Waals surface area contributed by atoms with Gasteiger partial charge in [-0.05, 0) is 31.5 Å². The third-order valence-electron chi connectivity index (χ3n) is 4.06. The van der Waals surface area contributed by atoms with Crippen LogP contribution < -0.4 is 16.4 Å². The number of amides is 2. The predicted molar refractivity (Wildman–Crippen MR) is 113 cm³/mol. The molecule has 4 atom stereocenters. The normalized spacial score (nSPS) is 15.5. The van der Waals surface area contributed by atoms with Crippen LogP contribution in [0.4, 0.5) is 4.39 Å². The van der Waals surface area contributed by atoms with Gasteiger partial charge in [0.1, 0.15) is 18.8 Å². The van der Waals surface area contributed by atoms with Crippen LogP contribution in [-0.4, -0.2) is 62.1 Å². The van der Waals surface area contributed by atoms with Crippen LogP contribution >= 0.6 is 23.2 Å². The Morgan fingerprint density at radius 1 is 1.10 bits per heavy atom. The van der Waals surface area contributed by atoms with Crippen molar-refractivity contribution in [1.29, 1.82) is 0 Å². The molecule has 0 bridgehead atoms. The van der Waals surface area contributed by atoms with Crippen LogP contribution in [0, 0.1) is 0 Å². The number of carbonyl (C=O) groups is 3. The first-order valence-corrected chi connectivity index (χ1v) is 11.7. The third kappa shape index (κ3) is 8.24. The van der Waals surface area contributed by atoms with Crippen molar-refractivity contribution in [1.82, 2.24) is 10.6 Å². The molecule has 0 aliphatic carbocycles. The lowest BCUT2D eigenvalue weighted by molar-refractivity contribution is -0.155. The Hall–Kier alpha value is -1.95. The number of halogens is 3. The number of hydrogen-bond donors (Lipinski definition) is 3. The lowest BCUT2D eigenvalue weighted by atomic mass is 10.0. The molecule has 9 nitrogen and oxygen atoms in total. The summed E-state index contributed by atoms with van der Waals surface area (Å²) in [5.41, 5.74) is 5.63. The number of carbonyl (C=O) groups excluding carboxylic acids is 3. The fraction of sp³-hybridized carbons (Fsp3) is 0.500. The molecule has 1 aromatic rings. The highest BCUT2D eigenvalue weighted by molar-refractivity contribution is 7.90. The molecule has 0 spiro atoms. The van der Waals surface area contributed by atoms with E-state index in [2.05, 4.69) is 10.6 Å². The molecule has 0 heterocycles. The van der Waals surface area contributed by atoms with Gasteiger partial charge in [-0.1, -0.05) is 35.3 Å². The van der Waals surface area contributed by atoms with E-state index in [9.17, 15) is 27.2 Å². The summed E-state index contributed by atoms with van der Waals surface area (Å²) in [4.78, 5) is 34.5. The lowest BCUT2D eigenvalue weighted by Gasteiger charge is -2.28. The summed E-state index contributed by atoms with van der Waals surface area (Å²) >= 11 is 11.0. The van der Waals surface area contributed by atoms with Gasteiger partial charge in [0, 0.05) is 6.26 Å².